The van der Waals surface area contributed by atoms with Crippen LogP contribution in [-0.2, 0) is 28.6 Å². The van der Waals surface area contributed by atoms with E-state index in [1.807, 2.05) is 27.2 Å². The minimum Gasteiger partial charge on any atom is -0.477 e. The predicted molar refractivity (Wildman–Crippen MR) is 201 cm³/mol. The average Bonchev–Trinajstić information content (AvgIpc) is 3.05. The van der Waals surface area contributed by atoms with Gasteiger partial charge in [-0.05, 0) is 32.1 Å². The van der Waals surface area contributed by atoms with Crippen LogP contribution >= 0.6 is 0 Å². The second-order valence-corrected chi connectivity index (χ2v) is 14.2. The summed E-state index contributed by atoms with van der Waals surface area (Å²) in [6, 6.07) is -0.615. The fraction of sp³-hybridized carbons (Fsp3) is 0.780. The minimum absolute atomic E-state index is 0.0562. The molecule has 0 aromatic rings. The number of quaternary nitrogens is 1. The molecule has 8 heteroatoms. The number of aliphatic carboxylic acids is 1. The summed E-state index contributed by atoms with van der Waals surface area (Å²) in [5, 5.41) is 9.58. The van der Waals surface area contributed by atoms with Gasteiger partial charge in [0.05, 0.1) is 34.4 Å². The van der Waals surface area contributed by atoms with Gasteiger partial charge in [0, 0.05) is 19.3 Å². The largest absolute Gasteiger partial charge is 0.477 e. The highest BCUT2D eigenvalue weighted by Crippen LogP contribution is 2.14. The van der Waals surface area contributed by atoms with Crippen molar-refractivity contribution in [3.63, 3.8) is 0 Å². The van der Waals surface area contributed by atoms with Crippen molar-refractivity contribution in [2.45, 2.75) is 167 Å². The van der Waals surface area contributed by atoms with E-state index in [1.54, 1.807) is 0 Å². The standard InChI is InChI=1S/C41H73NO7/c1-6-8-10-12-14-16-18-20-22-23-25-27-29-31-39(43)48-36-37(35-47-34-33-38(41(45)46)42(3,4)5)49-40(44)32-30-28-26-24-21-19-17-15-13-11-9-7-2/h8,10,12,14,16,18,37-38H,6-7,9,11,13,15,17,19-36H2,1-5H3/p+1/b10-8+,14-12+,18-16+. The van der Waals surface area contributed by atoms with Crippen LogP contribution in [0.1, 0.15) is 155 Å². The third-order valence-electron chi connectivity index (χ3n) is 8.62. The molecule has 49 heavy (non-hydrogen) atoms. The molecule has 2 atom stereocenters. The van der Waals surface area contributed by atoms with E-state index in [9.17, 15) is 19.5 Å². The smallest absolute Gasteiger partial charge is 0.362 e. The highest BCUT2D eigenvalue weighted by Gasteiger charge is 2.31. The molecule has 0 aliphatic rings. The molecule has 0 aliphatic carbocycles. The lowest BCUT2D eigenvalue weighted by atomic mass is 10.0. The zero-order chi connectivity index (χ0) is 36.4. The number of rotatable bonds is 34. The average molecular weight is 693 g/mol. The number of allylic oxidation sites excluding steroid dienone is 6. The molecule has 0 heterocycles. The van der Waals surface area contributed by atoms with Crippen molar-refractivity contribution >= 4 is 17.9 Å². The van der Waals surface area contributed by atoms with Crippen molar-refractivity contribution in [3.8, 4) is 0 Å². The molecule has 0 rings (SSSR count). The number of hydrogen-bond donors (Lipinski definition) is 1. The van der Waals surface area contributed by atoms with Gasteiger partial charge in [0.1, 0.15) is 6.61 Å². The van der Waals surface area contributed by atoms with Gasteiger partial charge in [-0.2, -0.15) is 0 Å². The molecule has 8 nitrogen and oxygen atoms in total. The fourth-order valence-corrected chi connectivity index (χ4v) is 5.56. The van der Waals surface area contributed by atoms with Crippen LogP contribution in [0.25, 0.3) is 0 Å². The number of carbonyl (C=O) groups is 3. The van der Waals surface area contributed by atoms with Crippen LogP contribution in [-0.4, -0.2) is 80.6 Å². The van der Waals surface area contributed by atoms with Gasteiger partial charge in [0.15, 0.2) is 12.1 Å². The van der Waals surface area contributed by atoms with Crippen LogP contribution < -0.4 is 0 Å². The van der Waals surface area contributed by atoms with Gasteiger partial charge in [-0.15, -0.1) is 0 Å². The summed E-state index contributed by atoms with van der Waals surface area (Å²) in [6.07, 6.45) is 34.7. The number of carboxylic acids is 1. The summed E-state index contributed by atoms with van der Waals surface area (Å²) in [4.78, 5) is 36.8. The van der Waals surface area contributed by atoms with Gasteiger partial charge >= 0.3 is 17.9 Å². The van der Waals surface area contributed by atoms with E-state index in [2.05, 4.69) is 44.2 Å². The zero-order valence-electron chi connectivity index (χ0n) is 32.1. The number of likely N-dealkylation sites (N-methyl/N-ethyl adjacent to an activating group) is 1. The summed E-state index contributed by atoms with van der Waals surface area (Å²) >= 11 is 0. The number of carboxylic acid groups (broad SMARTS) is 1. The maximum atomic E-state index is 12.6. The topological polar surface area (TPSA) is 99.1 Å². The number of unbranched alkanes of at least 4 members (excludes halogenated alkanes) is 16. The molecule has 1 N–H and O–H groups in total. The zero-order valence-corrected chi connectivity index (χ0v) is 32.1. The molecule has 0 aromatic carbocycles. The Kier molecular flexibility index (Phi) is 31.1. The quantitative estimate of drug-likeness (QED) is 0.0310. The number of ether oxygens (including phenoxy) is 3. The molecular weight excluding hydrogens is 618 g/mol. The Hall–Kier alpha value is -2.45. The molecule has 0 saturated heterocycles. The summed E-state index contributed by atoms with van der Waals surface area (Å²) < 4.78 is 17.2. The monoisotopic (exact) mass is 693 g/mol. The Balaban J connectivity index is 4.44. The molecule has 0 radical (unpaired) electrons. The van der Waals surface area contributed by atoms with Crippen molar-refractivity contribution < 1.29 is 38.2 Å². The Labute approximate surface area is 300 Å². The lowest BCUT2D eigenvalue weighted by Gasteiger charge is -2.31. The van der Waals surface area contributed by atoms with E-state index in [-0.39, 0.29) is 36.2 Å². The molecule has 0 bridgehead atoms. The van der Waals surface area contributed by atoms with Crippen LogP contribution in [0.5, 0.6) is 0 Å². The van der Waals surface area contributed by atoms with Crippen molar-refractivity contribution in [2.24, 2.45) is 0 Å². The van der Waals surface area contributed by atoms with E-state index >= 15 is 0 Å². The molecule has 284 valence electrons. The van der Waals surface area contributed by atoms with E-state index < -0.39 is 18.1 Å². The Morgan fingerprint density at radius 3 is 1.67 bits per heavy atom. The van der Waals surface area contributed by atoms with Crippen LogP contribution in [0.3, 0.4) is 0 Å². The van der Waals surface area contributed by atoms with Crippen molar-refractivity contribution in [1.29, 1.82) is 0 Å². The minimum atomic E-state index is -0.879. The first-order chi connectivity index (χ1) is 23.6. The van der Waals surface area contributed by atoms with E-state index in [0.29, 0.717) is 19.3 Å². The third kappa shape index (κ3) is 31.3. The van der Waals surface area contributed by atoms with Crippen molar-refractivity contribution in [1.82, 2.24) is 0 Å². The summed E-state index contributed by atoms with van der Waals surface area (Å²) in [7, 11) is 5.51. The second kappa shape index (κ2) is 32.7. The first kappa shape index (κ1) is 46.5. The molecular formula is C41H74NO7+. The summed E-state index contributed by atoms with van der Waals surface area (Å²) in [5.41, 5.74) is 0. The second-order valence-electron chi connectivity index (χ2n) is 14.2. The van der Waals surface area contributed by atoms with Gasteiger partial charge in [0.25, 0.3) is 0 Å². The van der Waals surface area contributed by atoms with E-state index in [0.717, 1.165) is 64.2 Å². The van der Waals surface area contributed by atoms with Crippen molar-refractivity contribution in [3.05, 3.63) is 36.5 Å². The summed E-state index contributed by atoms with van der Waals surface area (Å²) in [6.45, 7) is 4.57. The predicted octanol–water partition coefficient (Wildman–Crippen LogP) is 9.91. The molecule has 0 amide bonds. The molecule has 0 spiro atoms. The van der Waals surface area contributed by atoms with Gasteiger partial charge in [-0.1, -0.05) is 140 Å². The lowest BCUT2D eigenvalue weighted by molar-refractivity contribution is -0.887. The molecule has 0 aliphatic heterocycles. The van der Waals surface area contributed by atoms with E-state index in [4.69, 9.17) is 14.2 Å². The Morgan fingerprint density at radius 2 is 1.14 bits per heavy atom. The van der Waals surface area contributed by atoms with Gasteiger partial charge in [0.2, 0.25) is 0 Å². The number of nitrogens with zero attached hydrogens (tertiary/aromatic N) is 1. The SMILES string of the molecule is CC/C=C/C=C/C=C/CCCCCCCC(=O)OCC(COCCC(C(=O)O)[N+](C)(C)C)OC(=O)CCCCCCCCCCCCCC. The first-order valence-electron chi connectivity index (χ1n) is 19.6. The lowest BCUT2D eigenvalue weighted by Crippen LogP contribution is -2.50. The number of esters is 2. The van der Waals surface area contributed by atoms with E-state index in [1.165, 1.54) is 57.8 Å². The van der Waals surface area contributed by atoms with Crippen LogP contribution in [0.4, 0.5) is 0 Å². The van der Waals surface area contributed by atoms with Crippen molar-refractivity contribution in [2.75, 3.05) is 41.0 Å². The fourth-order valence-electron chi connectivity index (χ4n) is 5.56. The molecule has 0 aromatic heterocycles. The Morgan fingerprint density at radius 1 is 0.633 bits per heavy atom. The Bertz CT molecular complexity index is 906. The number of hydrogen-bond acceptors (Lipinski definition) is 6. The first-order valence-corrected chi connectivity index (χ1v) is 19.6. The molecule has 0 fully saturated rings. The molecule has 0 saturated carbocycles. The van der Waals surface area contributed by atoms with Crippen LogP contribution in [0, 0.1) is 0 Å². The van der Waals surface area contributed by atoms with Gasteiger partial charge in [-0.25, -0.2) is 4.79 Å². The normalized spacial score (nSPS) is 13.4. The van der Waals surface area contributed by atoms with Gasteiger partial charge < -0.3 is 23.8 Å². The number of carbonyl (C=O) groups excluding carboxylic acids is 2. The third-order valence-corrected chi connectivity index (χ3v) is 8.62. The highest BCUT2D eigenvalue weighted by molar-refractivity contribution is 5.72. The molecule has 2 unspecified atom stereocenters. The van der Waals surface area contributed by atoms with Crippen LogP contribution in [0.2, 0.25) is 0 Å². The summed E-state index contributed by atoms with van der Waals surface area (Å²) in [5.74, 6) is -1.49. The maximum Gasteiger partial charge on any atom is 0.362 e. The highest BCUT2D eigenvalue weighted by atomic mass is 16.6. The van der Waals surface area contributed by atoms with Crippen LogP contribution in [0.15, 0.2) is 36.5 Å². The maximum absolute atomic E-state index is 12.6. The van der Waals surface area contributed by atoms with Gasteiger partial charge in [-0.3, -0.25) is 9.59 Å².